The Bertz CT molecular complexity index is 611. The molecule has 2 aliphatic rings. The highest BCUT2D eigenvalue weighted by Gasteiger charge is 2.42. The molecule has 0 radical (unpaired) electrons. The topological polar surface area (TPSA) is 32.8 Å². The summed E-state index contributed by atoms with van der Waals surface area (Å²) in [5.41, 5.74) is 0.835. The fraction of sp³-hybridized carbons (Fsp3) is 0.562. The van der Waals surface area contributed by atoms with Gasteiger partial charge in [-0.1, -0.05) is 29.8 Å². The van der Waals surface area contributed by atoms with E-state index in [4.69, 9.17) is 16.3 Å². The SMILES string of the molecule is O=C1C(N2CCOC(c3ccccc3Cl)C2)CCN1CC(F)(F)F. The molecule has 0 saturated carbocycles. The molecule has 2 atom stereocenters. The van der Waals surface area contributed by atoms with Gasteiger partial charge in [0.2, 0.25) is 5.91 Å². The number of morpholine rings is 1. The lowest BCUT2D eigenvalue weighted by molar-refractivity contribution is -0.160. The fourth-order valence-electron chi connectivity index (χ4n) is 3.31. The van der Waals surface area contributed by atoms with Crippen molar-refractivity contribution in [1.82, 2.24) is 9.80 Å². The van der Waals surface area contributed by atoms with Gasteiger partial charge in [-0.05, 0) is 12.5 Å². The molecule has 8 heteroatoms. The summed E-state index contributed by atoms with van der Waals surface area (Å²) in [6, 6.07) is 6.80. The quantitative estimate of drug-likeness (QED) is 0.829. The van der Waals surface area contributed by atoms with Crippen molar-refractivity contribution in [3.8, 4) is 0 Å². The third-order valence-electron chi connectivity index (χ3n) is 4.43. The lowest BCUT2D eigenvalue weighted by Gasteiger charge is -2.36. The number of amides is 1. The fourth-order valence-corrected chi connectivity index (χ4v) is 3.57. The van der Waals surface area contributed by atoms with Crippen LogP contribution in [0.1, 0.15) is 18.1 Å². The highest BCUT2D eigenvalue weighted by Crippen LogP contribution is 2.31. The highest BCUT2D eigenvalue weighted by atomic mass is 35.5. The van der Waals surface area contributed by atoms with Gasteiger partial charge in [-0.15, -0.1) is 0 Å². The Kier molecular flexibility index (Phi) is 5.03. The van der Waals surface area contributed by atoms with E-state index in [1.807, 2.05) is 23.1 Å². The molecular formula is C16H18ClF3N2O2. The summed E-state index contributed by atoms with van der Waals surface area (Å²) >= 11 is 6.19. The van der Waals surface area contributed by atoms with E-state index in [9.17, 15) is 18.0 Å². The Morgan fingerprint density at radius 1 is 1.25 bits per heavy atom. The first kappa shape index (κ1) is 17.5. The summed E-state index contributed by atoms with van der Waals surface area (Å²) in [4.78, 5) is 15.1. The molecule has 2 unspecified atom stereocenters. The van der Waals surface area contributed by atoms with Gasteiger partial charge >= 0.3 is 6.18 Å². The van der Waals surface area contributed by atoms with Crippen LogP contribution in [0.15, 0.2) is 24.3 Å². The van der Waals surface area contributed by atoms with Crippen LogP contribution in [0.25, 0.3) is 0 Å². The zero-order valence-corrected chi connectivity index (χ0v) is 13.7. The van der Waals surface area contributed by atoms with Crippen LogP contribution in [-0.2, 0) is 9.53 Å². The van der Waals surface area contributed by atoms with Gasteiger partial charge in [0.1, 0.15) is 6.54 Å². The molecule has 3 rings (SSSR count). The summed E-state index contributed by atoms with van der Waals surface area (Å²) in [7, 11) is 0. The predicted molar refractivity (Wildman–Crippen MR) is 82.8 cm³/mol. The van der Waals surface area contributed by atoms with Gasteiger partial charge < -0.3 is 9.64 Å². The van der Waals surface area contributed by atoms with E-state index in [1.54, 1.807) is 6.07 Å². The van der Waals surface area contributed by atoms with Crippen molar-refractivity contribution in [1.29, 1.82) is 0 Å². The Morgan fingerprint density at radius 2 is 2.00 bits per heavy atom. The molecule has 0 spiro atoms. The third kappa shape index (κ3) is 3.84. The minimum Gasteiger partial charge on any atom is -0.371 e. The van der Waals surface area contributed by atoms with Gasteiger partial charge in [-0.3, -0.25) is 9.69 Å². The summed E-state index contributed by atoms with van der Waals surface area (Å²) in [5, 5.41) is 0.584. The van der Waals surface area contributed by atoms with E-state index < -0.39 is 24.7 Å². The maximum absolute atomic E-state index is 12.5. The number of likely N-dealkylation sites (tertiary alicyclic amines) is 1. The first-order valence-electron chi connectivity index (χ1n) is 7.81. The van der Waals surface area contributed by atoms with Gasteiger partial charge in [0.15, 0.2) is 0 Å². The van der Waals surface area contributed by atoms with Crippen LogP contribution in [0.2, 0.25) is 5.02 Å². The number of rotatable bonds is 3. The molecule has 1 aromatic carbocycles. The molecule has 2 saturated heterocycles. The number of ether oxygens (including phenoxy) is 1. The van der Waals surface area contributed by atoms with Gasteiger partial charge in [-0.2, -0.15) is 13.2 Å². The largest absolute Gasteiger partial charge is 0.406 e. The van der Waals surface area contributed by atoms with Crippen LogP contribution in [0.3, 0.4) is 0 Å². The molecule has 4 nitrogen and oxygen atoms in total. The molecule has 2 fully saturated rings. The average molecular weight is 363 g/mol. The number of hydrogen-bond donors (Lipinski definition) is 0. The average Bonchev–Trinajstić information content (AvgIpc) is 2.87. The van der Waals surface area contributed by atoms with Crippen molar-refractivity contribution in [2.24, 2.45) is 0 Å². The van der Waals surface area contributed by atoms with Gasteiger partial charge in [0.05, 0.1) is 18.8 Å². The van der Waals surface area contributed by atoms with E-state index in [0.29, 0.717) is 31.1 Å². The Labute approximate surface area is 143 Å². The van der Waals surface area contributed by atoms with E-state index in [2.05, 4.69) is 0 Å². The van der Waals surface area contributed by atoms with Crippen LogP contribution in [0.5, 0.6) is 0 Å². The molecular weight excluding hydrogens is 345 g/mol. The maximum atomic E-state index is 12.5. The smallest absolute Gasteiger partial charge is 0.371 e. The van der Waals surface area contributed by atoms with Crippen LogP contribution in [-0.4, -0.2) is 60.7 Å². The monoisotopic (exact) mass is 362 g/mol. The minimum absolute atomic E-state index is 0.136. The second kappa shape index (κ2) is 6.90. The molecule has 1 amide bonds. The number of carbonyl (C=O) groups is 1. The van der Waals surface area contributed by atoms with Gasteiger partial charge in [0, 0.05) is 30.2 Å². The zero-order valence-electron chi connectivity index (χ0n) is 12.9. The first-order valence-corrected chi connectivity index (χ1v) is 8.18. The van der Waals surface area contributed by atoms with Crippen LogP contribution in [0.4, 0.5) is 13.2 Å². The van der Waals surface area contributed by atoms with Crippen molar-refractivity contribution in [2.75, 3.05) is 32.8 Å². The molecule has 0 bridgehead atoms. The van der Waals surface area contributed by atoms with Crippen LogP contribution < -0.4 is 0 Å². The molecule has 0 aromatic heterocycles. The van der Waals surface area contributed by atoms with Crippen LogP contribution >= 0.6 is 11.6 Å². The summed E-state index contributed by atoms with van der Waals surface area (Å²) < 4.78 is 43.4. The zero-order chi connectivity index (χ0) is 17.3. The predicted octanol–water partition coefficient (Wildman–Crippen LogP) is 2.88. The van der Waals surface area contributed by atoms with Crippen molar-refractivity contribution in [3.05, 3.63) is 34.9 Å². The second-order valence-corrected chi connectivity index (χ2v) is 6.46. The number of benzene rings is 1. The maximum Gasteiger partial charge on any atom is 0.406 e. The van der Waals surface area contributed by atoms with E-state index in [1.165, 1.54) is 0 Å². The number of nitrogens with zero attached hydrogens (tertiary/aromatic N) is 2. The summed E-state index contributed by atoms with van der Waals surface area (Å²) in [6.45, 7) is 0.341. The Morgan fingerprint density at radius 3 is 2.71 bits per heavy atom. The third-order valence-corrected chi connectivity index (χ3v) is 4.77. The van der Waals surface area contributed by atoms with Gasteiger partial charge in [-0.25, -0.2) is 0 Å². The highest BCUT2D eigenvalue weighted by molar-refractivity contribution is 6.31. The lowest BCUT2D eigenvalue weighted by atomic mass is 10.1. The molecule has 2 heterocycles. The van der Waals surface area contributed by atoms with Crippen LogP contribution in [0, 0.1) is 0 Å². The van der Waals surface area contributed by atoms with Crippen molar-refractivity contribution < 1.29 is 22.7 Å². The Balaban J connectivity index is 1.67. The second-order valence-electron chi connectivity index (χ2n) is 6.06. The minimum atomic E-state index is -4.37. The lowest BCUT2D eigenvalue weighted by Crippen LogP contribution is -2.49. The van der Waals surface area contributed by atoms with Gasteiger partial charge in [0.25, 0.3) is 0 Å². The standard InChI is InChI=1S/C16H18ClF3N2O2/c17-12-4-2-1-3-11(12)14-9-21(7-8-24-14)13-5-6-22(15(13)23)10-16(18,19)20/h1-4,13-14H,5-10H2. The summed E-state index contributed by atoms with van der Waals surface area (Å²) in [5.74, 6) is -0.452. The molecule has 0 aliphatic carbocycles. The van der Waals surface area contributed by atoms with E-state index in [-0.39, 0.29) is 12.6 Å². The van der Waals surface area contributed by atoms with Crippen molar-refractivity contribution in [3.63, 3.8) is 0 Å². The molecule has 0 N–H and O–H groups in total. The number of halogens is 4. The van der Waals surface area contributed by atoms with E-state index in [0.717, 1.165) is 10.5 Å². The first-order chi connectivity index (χ1) is 11.3. The molecule has 132 valence electrons. The number of carbonyl (C=O) groups excluding carboxylic acids is 1. The Hall–Kier alpha value is -1.31. The van der Waals surface area contributed by atoms with E-state index >= 15 is 0 Å². The van der Waals surface area contributed by atoms with Crippen molar-refractivity contribution >= 4 is 17.5 Å². The summed E-state index contributed by atoms with van der Waals surface area (Å²) in [6.07, 6.45) is -4.24. The normalized spacial score (nSPS) is 26.2. The molecule has 2 aliphatic heterocycles. The number of alkyl halides is 3. The van der Waals surface area contributed by atoms with Crippen molar-refractivity contribution in [2.45, 2.75) is 24.7 Å². The number of hydrogen-bond acceptors (Lipinski definition) is 3. The molecule has 24 heavy (non-hydrogen) atoms. The molecule has 1 aromatic rings.